The van der Waals surface area contributed by atoms with Crippen molar-refractivity contribution < 1.29 is 0 Å². The maximum absolute atomic E-state index is 4.43. The highest BCUT2D eigenvalue weighted by Gasteiger charge is 2.11. The Hall–Kier alpha value is -0.890. The summed E-state index contributed by atoms with van der Waals surface area (Å²) in [5.41, 5.74) is 2.56. The lowest BCUT2D eigenvalue weighted by Gasteiger charge is -2.26. The third-order valence-corrected chi connectivity index (χ3v) is 2.94. The van der Waals surface area contributed by atoms with Crippen LogP contribution in [0.2, 0.25) is 0 Å². The van der Waals surface area contributed by atoms with Crippen molar-refractivity contribution in [2.45, 2.75) is 32.7 Å². The second-order valence-electron chi connectivity index (χ2n) is 4.10. The van der Waals surface area contributed by atoms with Crippen LogP contribution >= 0.6 is 0 Å². The SMILES string of the molecule is Cc1cccnc1CN1CCCCC1. The molecule has 1 aliphatic heterocycles. The van der Waals surface area contributed by atoms with Gasteiger partial charge < -0.3 is 0 Å². The van der Waals surface area contributed by atoms with E-state index in [2.05, 4.69) is 22.9 Å². The summed E-state index contributed by atoms with van der Waals surface area (Å²) in [5.74, 6) is 0. The van der Waals surface area contributed by atoms with Crippen LogP contribution in [0.4, 0.5) is 0 Å². The highest BCUT2D eigenvalue weighted by Crippen LogP contribution is 2.13. The smallest absolute Gasteiger partial charge is 0.0573 e. The summed E-state index contributed by atoms with van der Waals surface area (Å²) in [6.45, 7) is 5.67. The summed E-state index contributed by atoms with van der Waals surface area (Å²) in [6.07, 6.45) is 6.00. The zero-order valence-corrected chi connectivity index (χ0v) is 8.87. The van der Waals surface area contributed by atoms with Crippen molar-refractivity contribution in [1.29, 1.82) is 0 Å². The summed E-state index contributed by atoms with van der Waals surface area (Å²) < 4.78 is 0. The van der Waals surface area contributed by atoms with E-state index in [1.165, 1.54) is 43.6 Å². The minimum absolute atomic E-state index is 1.03. The second-order valence-corrected chi connectivity index (χ2v) is 4.10. The molecule has 2 heteroatoms. The molecule has 0 atom stereocenters. The van der Waals surface area contributed by atoms with Crippen LogP contribution in [0, 0.1) is 6.92 Å². The molecular formula is C12H18N2. The van der Waals surface area contributed by atoms with E-state index in [4.69, 9.17) is 0 Å². The molecule has 1 fully saturated rings. The normalized spacial score (nSPS) is 18.4. The van der Waals surface area contributed by atoms with Gasteiger partial charge in [-0.15, -0.1) is 0 Å². The molecule has 1 aromatic rings. The zero-order valence-electron chi connectivity index (χ0n) is 8.87. The molecule has 0 radical (unpaired) electrons. The van der Waals surface area contributed by atoms with Gasteiger partial charge in [0, 0.05) is 12.7 Å². The number of hydrogen-bond donors (Lipinski definition) is 0. The van der Waals surface area contributed by atoms with Gasteiger partial charge >= 0.3 is 0 Å². The molecular weight excluding hydrogens is 172 g/mol. The monoisotopic (exact) mass is 190 g/mol. The van der Waals surface area contributed by atoms with Gasteiger partial charge in [-0.1, -0.05) is 12.5 Å². The fourth-order valence-corrected chi connectivity index (χ4v) is 2.01. The first-order valence-corrected chi connectivity index (χ1v) is 5.49. The number of hydrogen-bond acceptors (Lipinski definition) is 2. The Balaban J connectivity index is 1.99. The lowest BCUT2D eigenvalue weighted by atomic mass is 10.1. The van der Waals surface area contributed by atoms with Gasteiger partial charge in [-0.25, -0.2) is 0 Å². The Morgan fingerprint density at radius 1 is 1.29 bits per heavy atom. The van der Waals surface area contributed by atoms with Crippen LogP contribution in [-0.2, 0) is 6.54 Å². The molecule has 0 bridgehead atoms. The van der Waals surface area contributed by atoms with Gasteiger partial charge in [0.15, 0.2) is 0 Å². The molecule has 1 aromatic heterocycles. The van der Waals surface area contributed by atoms with Crippen LogP contribution in [0.5, 0.6) is 0 Å². The van der Waals surface area contributed by atoms with E-state index in [1.54, 1.807) is 0 Å². The number of aryl methyl sites for hydroxylation is 1. The van der Waals surface area contributed by atoms with Gasteiger partial charge in [-0.3, -0.25) is 9.88 Å². The molecule has 0 unspecified atom stereocenters. The van der Waals surface area contributed by atoms with E-state index in [1.807, 2.05) is 12.3 Å². The minimum atomic E-state index is 1.03. The Morgan fingerprint density at radius 2 is 2.07 bits per heavy atom. The van der Waals surface area contributed by atoms with Crippen LogP contribution in [0.25, 0.3) is 0 Å². The average Bonchev–Trinajstić information content (AvgIpc) is 2.23. The van der Waals surface area contributed by atoms with Gasteiger partial charge in [0.05, 0.1) is 5.69 Å². The van der Waals surface area contributed by atoms with Crippen molar-refractivity contribution in [2.75, 3.05) is 13.1 Å². The predicted octanol–water partition coefficient (Wildman–Crippen LogP) is 2.38. The fraction of sp³-hybridized carbons (Fsp3) is 0.583. The van der Waals surface area contributed by atoms with Crippen molar-refractivity contribution >= 4 is 0 Å². The molecule has 2 rings (SSSR count). The third kappa shape index (κ3) is 2.32. The van der Waals surface area contributed by atoms with Crippen LogP contribution in [0.1, 0.15) is 30.5 Å². The van der Waals surface area contributed by atoms with Crippen LogP contribution in [-0.4, -0.2) is 23.0 Å². The maximum atomic E-state index is 4.43. The fourth-order valence-electron chi connectivity index (χ4n) is 2.01. The number of pyridine rings is 1. The van der Waals surface area contributed by atoms with Crippen molar-refractivity contribution in [2.24, 2.45) is 0 Å². The third-order valence-electron chi connectivity index (χ3n) is 2.94. The molecule has 14 heavy (non-hydrogen) atoms. The van der Waals surface area contributed by atoms with Crippen molar-refractivity contribution in [3.63, 3.8) is 0 Å². The Bertz CT molecular complexity index is 290. The molecule has 1 aliphatic rings. The van der Waals surface area contributed by atoms with Gasteiger partial charge in [-0.05, 0) is 44.5 Å². The molecule has 2 heterocycles. The van der Waals surface area contributed by atoms with E-state index in [9.17, 15) is 0 Å². The Morgan fingerprint density at radius 3 is 2.79 bits per heavy atom. The zero-order chi connectivity index (χ0) is 9.80. The van der Waals surface area contributed by atoms with E-state index in [0.29, 0.717) is 0 Å². The van der Waals surface area contributed by atoms with Crippen LogP contribution < -0.4 is 0 Å². The molecule has 0 spiro atoms. The highest BCUT2D eigenvalue weighted by molar-refractivity contribution is 5.17. The lowest BCUT2D eigenvalue weighted by Crippen LogP contribution is -2.29. The van der Waals surface area contributed by atoms with Crippen molar-refractivity contribution in [3.05, 3.63) is 29.6 Å². The van der Waals surface area contributed by atoms with E-state index in [-0.39, 0.29) is 0 Å². The molecule has 0 aliphatic carbocycles. The van der Waals surface area contributed by atoms with Crippen molar-refractivity contribution in [1.82, 2.24) is 9.88 Å². The largest absolute Gasteiger partial charge is 0.298 e. The number of rotatable bonds is 2. The molecule has 0 N–H and O–H groups in total. The van der Waals surface area contributed by atoms with Gasteiger partial charge in [0.25, 0.3) is 0 Å². The van der Waals surface area contributed by atoms with E-state index >= 15 is 0 Å². The number of likely N-dealkylation sites (tertiary alicyclic amines) is 1. The van der Waals surface area contributed by atoms with Crippen LogP contribution in [0.15, 0.2) is 18.3 Å². The molecule has 2 nitrogen and oxygen atoms in total. The van der Waals surface area contributed by atoms with Gasteiger partial charge in [0.1, 0.15) is 0 Å². The molecule has 0 amide bonds. The van der Waals surface area contributed by atoms with E-state index in [0.717, 1.165) is 6.54 Å². The summed E-state index contributed by atoms with van der Waals surface area (Å²) in [6, 6.07) is 4.15. The van der Waals surface area contributed by atoms with E-state index < -0.39 is 0 Å². The summed E-state index contributed by atoms with van der Waals surface area (Å²) in [5, 5.41) is 0. The Labute approximate surface area is 86.0 Å². The summed E-state index contributed by atoms with van der Waals surface area (Å²) in [4.78, 5) is 6.94. The predicted molar refractivity (Wildman–Crippen MR) is 58.1 cm³/mol. The first-order valence-electron chi connectivity index (χ1n) is 5.49. The summed E-state index contributed by atoms with van der Waals surface area (Å²) in [7, 11) is 0. The topological polar surface area (TPSA) is 16.1 Å². The quantitative estimate of drug-likeness (QED) is 0.711. The standard InChI is InChI=1S/C12H18N2/c1-11-6-5-7-13-12(11)10-14-8-3-2-4-9-14/h5-7H,2-4,8-10H2,1H3. The highest BCUT2D eigenvalue weighted by atomic mass is 15.1. The van der Waals surface area contributed by atoms with Gasteiger partial charge in [0.2, 0.25) is 0 Å². The first kappa shape index (κ1) is 9.66. The molecule has 0 aromatic carbocycles. The second kappa shape index (κ2) is 4.56. The molecule has 76 valence electrons. The Kier molecular flexibility index (Phi) is 3.14. The lowest BCUT2D eigenvalue weighted by molar-refractivity contribution is 0.218. The summed E-state index contributed by atoms with van der Waals surface area (Å²) >= 11 is 0. The number of aromatic nitrogens is 1. The van der Waals surface area contributed by atoms with Gasteiger partial charge in [-0.2, -0.15) is 0 Å². The number of nitrogens with zero attached hydrogens (tertiary/aromatic N) is 2. The minimum Gasteiger partial charge on any atom is -0.298 e. The maximum Gasteiger partial charge on any atom is 0.0573 e. The number of piperidine rings is 1. The van der Waals surface area contributed by atoms with Crippen molar-refractivity contribution in [3.8, 4) is 0 Å². The van der Waals surface area contributed by atoms with Crippen LogP contribution in [0.3, 0.4) is 0 Å². The molecule has 1 saturated heterocycles. The average molecular weight is 190 g/mol. The molecule has 0 saturated carbocycles. The first-order chi connectivity index (χ1) is 6.86.